The van der Waals surface area contributed by atoms with Crippen molar-refractivity contribution in [3.8, 4) is 11.5 Å². The van der Waals surface area contributed by atoms with Gasteiger partial charge in [0.15, 0.2) is 11.5 Å². The van der Waals surface area contributed by atoms with Crippen molar-refractivity contribution < 1.29 is 9.47 Å². The number of methoxy groups -OCH3 is 2. The molecule has 1 aromatic carbocycles. The molecule has 3 aromatic rings. The summed E-state index contributed by atoms with van der Waals surface area (Å²) in [5, 5.41) is 0.828. The lowest BCUT2D eigenvalue weighted by Gasteiger charge is -2.29. The number of hydrogen-bond donors (Lipinski definition) is 1. The molecule has 0 amide bonds. The Bertz CT molecular complexity index is 1130. The van der Waals surface area contributed by atoms with Crippen LogP contribution in [0.25, 0.3) is 10.2 Å². The molecule has 3 heterocycles. The average Bonchev–Trinajstić information content (AvgIpc) is 3.11. The SMILES string of the molecule is COc1cc2c(cc1OC)CN(Cc1nc3sc4c(c3c(=O)[nH]1)CCCC4)CC2. The molecule has 1 aliphatic carbocycles. The number of hydrogen-bond acceptors (Lipinski definition) is 6. The smallest absolute Gasteiger partial charge is 0.259 e. The van der Waals surface area contributed by atoms with Gasteiger partial charge in [-0.1, -0.05) is 0 Å². The Balaban J connectivity index is 1.41. The third kappa shape index (κ3) is 3.32. The molecule has 1 aliphatic heterocycles. The molecule has 0 saturated carbocycles. The van der Waals surface area contributed by atoms with E-state index in [4.69, 9.17) is 14.5 Å². The lowest BCUT2D eigenvalue weighted by molar-refractivity contribution is 0.238. The van der Waals surface area contributed by atoms with Crippen LogP contribution >= 0.6 is 11.3 Å². The number of H-pyrrole nitrogens is 1. The molecule has 6 nitrogen and oxygen atoms in total. The highest BCUT2D eigenvalue weighted by atomic mass is 32.1. The van der Waals surface area contributed by atoms with E-state index in [0.29, 0.717) is 6.54 Å². The van der Waals surface area contributed by atoms with Gasteiger partial charge in [0.05, 0.1) is 26.2 Å². The fourth-order valence-corrected chi connectivity index (χ4v) is 5.85. The number of rotatable bonds is 4. The van der Waals surface area contributed by atoms with E-state index in [0.717, 1.165) is 59.9 Å². The first-order chi connectivity index (χ1) is 14.2. The Kier molecular flexibility index (Phi) is 4.80. The summed E-state index contributed by atoms with van der Waals surface area (Å²) in [4.78, 5) is 25.3. The molecule has 0 saturated heterocycles. The zero-order valence-corrected chi connectivity index (χ0v) is 17.7. The van der Waals surface area contributed by atoms with Crippen molar-refractivity contribution in [1.29, 1.82) is 0 Å². The summed E-state index contributed by atoms with van der Waals surface area (Å²) in [6.45, 7) is 2.37. The Morgan fingerprint density at radius 2 is 1.86 bits per heavy atom. The van der Waals surface area contributed by atoms with Gasteiger partial charge in [-0.25, -0.2) is 4.98 Å². The third-order valence-electron chi connectivity index (χ3n) is 6.04. The molecule has 7 heteroatoms. The average molecular weight is 412 g/mol. The Hall–Kier alpha value is -2.38. The molecule has 0 atom stereocenters. The van der Waals surface area contributed by atoms with Gasteiger partial charge >= 0.3 is 0 Å². The van der Waals surface area contributed by atoms with Crippen molar-refractivity contribution in [2.45, 2.75) is 45.2 Å². The molecule has 0 fully saturated rings. The van der Waals surface area contributed by atoms with Crippen molar-refractivity contribution >= 4 is 21.6 Å². The first-order valence-corrected chi connectivity index (χ1v) is 11.0. The standard InChI is InChI=1S/C22H25N3O3S/c1-27-16-9-13-7-8-25(11-14(13)10-17(16)28-2)12-19-23-21(26)20-15-5-3-4-6-18(15)29-22(20)24-19/h9-10H,3-8,11-12H2,1-2H3,(H,23,24,26). The molecule has 5 rings (SSSR count). The van der Waals surface area contributed by atoms with E-state index in [2.05, 4.69) is 22.0 Å². The summed E-state index contributed by atoms with van der Waals surface area (Å²) < 4.78 is 10.9. The van der Waals surface area contributed by atoms with Crippen LogP contribution < -0.4 is 15.0 Å². The number of fused-ring (bicyclic) bond motifs is 4. The number of nitrogens with zero attached hydrogens (tertiary/aromatic N) is 2. The number of nitrogens with one attached hydrogen (secondary N) is 1. The van der Waals surface area contributed by atoms with Crippen LogP contribution in [0.2, 0.25) is 0 Å². The van der Waals surface area contributed by atoms with Gasteiger partial charge in [0, 0.05) is 18.0 Å². The maximum atomic E-state index is 12.8. The topological polar surface area (TPSA) is 67.5 Å². The molecule has 0 radical (unpaired) electrons. The van der Waals surface area contributed by atoms with Crippen LogP contribution in [0.1, 0.15) is 40.2 Å². The second kappa shape index (κ2) is 7.46. The minimum absolute atomic E-state index is 0.0215. The van der Waals surface area contributed by atoms with E-state index in [9.17, 15) is 4.79 Å². The van der Waals surface area contributed by atoms with Gasteiger partial charge < -0.3 is 14.5 Å². The molecule has 152 valence electrons. The monoisotopic (exact) mass is 411 g/mol. The number of thiophene rings is 1. The Morgan fingerprint density at radius 3 is 2.66 bits per heavy atom. The van der Waals surface area contributed by atoms with Crippen LogP contribution in [0.5, 0.6) is 11.5 Å². The first kappa shape index (κ1) is 18.6. The second-order valence-electron chi connectivity index (χ2n) is 7.84. The third-order valence-corrected chi connectivity index (χ3v) is 7.23. The number of ether oxygens (including phenoxy) is 2. The van der Waals surface area contributed by atoms with Crippen molar-refractivity contribution in [2.24, 2.45) is 0 Å². The highest BCUT2D eigenvalue weighted by Crippen LogP contribution is 2.35. The van der Waals surface area contributed by atoms with Crippen LogP contribution in [0.4, 0.5) is 0 Å². The first-order valence-electron chi connectivity index (χ1n) is 10.2. The number of aromatic amines is 1. The van der Waals surface area contributed by atoms with E-state index in [1.54, 1.807) is 25.6 Å². The van der Waals surface area contributed by atoms with Crippen LogP contribution in [-0.2, 0) is 32.4 Å². The fourth-order valence-electron chi connectivity index (χ4n) is 4.57. The Labute approximate surface area is 173 Å². The van der Waals surface area contributed by atoms with Gasteiger partial charge in [-0.3, -0.25) is 9.69 Å². The number of benzene rings is 1. The zero-order chi connectivity index (χ0) is 20.0. The predicted molar refractivity (Wildman–Crippen MR) is 114 cm³/mol. The van der Waals surface area contributed by atoms with Crippen molar-refractivity contribution in [3.63, 3.8) is 0 Å². The summed E-state index contributed by atoms with van der Waals surface area (Å²) in [5.41, 5.74) is 3.79. The summed E-state index contributed by atoms with van der Waals surface area (Å²) in [6.07, 6.45) is 5.41. The zero-order valence-electron chi connectivity index (χ0n) is 16.8. The van der Waals surface area contributed by atoms with Gasteiger partial charge in [-0.15, -0.1) is 11.3 Å². The molecule has 0 bridgehead atoms. The van der Waals surface area contributed by atoms with Crippen LogP contribution in [0.15, 0.2) is 16.9 Å². The minimum atomic E-state index is 0.0215. The lowest BCUT2D eigenvalue weighted by Crippen LogP contribution is -2.31. The van der Waals surface area contributed by atoms with Gasteiger partial charge in [0.25, 0.3) is 5.56 Å². The van der Waals surface area contributed by atoms with Crippen molar-refractivity contribution in [1.82, 2.24) is 14.9 Å². The molecular weight excluding hydrogens is 386 g/mol. The highest BCUT2D eigenvalue weighted by molar-refractivity contribution is 7.18. The lowest BCUT2D eigenvalue weighted by atomic mass is 9.97. The number of aromatic nitrogens is 2. The van der Waals surface area contributed by atoms with Crippen LogP contribution in [0, 0.1) is 0 Å². The van der Waals surface area contributed by atoms with E-state index < -0.39 is 0 Å². The largest absolute Gasteiger partial charge is 0.493 e. The van der Waals surface area contributed by atoms with Gasteiger partial charge in [0.1, 0.15) is 10.7 Å². The molecule has 2 aromatic heterocycles. The minimum Gasteiger partial charge on any atom is -0.493 e. The van der Waals surface area contributed by atoms with E-state index >= 15 is 0 Å². The van der Waals surface area contributed by atoms with Crippen molar-refractivity contribution in [2.75, 3.05) is 20.8 Å². The van der Waals surface area contributed by atoms with Gasteiger partial charge in [0.2, 0.25) is 0 Å². The highest BCUT2D eigenvalue weighted by Gasteiger charge is 2.22. The van der Waals surface area contributed by atoms with E-state index in [-0.39, 0.29) is 5.56 Å². The molecule has 0 spiro atoms. The van der Waals surface area contributed by atoms with Gasteiger partial charge in [-0.05, 0) is 60.9 Å². The molecule has 2 aliphatic rings. The second-order valence-corrected chi connectivity index (χ2v) is 8.92. The molecule has 1 N–H and O–H groups in total. The summed E-state index contributed by atoms with van der Waals surface area (Å²) in [7, 11) is 3.33. The maximum Gasteiger partial charge on any atom is 0.259 e. The number of aryl methyl sites for hydroxylation is 2. The quantitative estimate of drug-likeness (QED) is 0.712. The van der Waals surface area contributed by atoms with E-state index in [1.807, 2.05) is 0 Å². The summed E-state index contributed by atoms with van der Waals surface area (Å²) in [6, 6.07) is 4.14. The Morgan fingerprint density at radius 1 is 1.10 bits per heavy atom. The summed E-state index contributed by atoms with van der Waals surface area (Å²) >= 11 is 1.71. The molecule has 0 unspecified atom stereocenters. The van der Waals surface area contributed by atoms with Crippen molar-refractivity contribution in [3.05, 3.63) is 49.9 Å². The van der Waals surface area contributed by atoms with E-state index in [1.165, 1.54) is 34.4 Å². The van der Waals surface area contributed by atoms with Crippen LogP contribution in [-0.4, -0.2) is 35.6 Å². The van der Waals surface area contributed by atoms with Gasteiger partial charge in [-0.2, -0.15) is 0 Å². The molecule has 29 heavy (non-hydrogen) atoms. The normalized spacial score (nSPS) is 16.5. The summed E-state index contributed by atoms with van der Waals surface area (Å²) in [5.74, 6) is 2.29. The molecular formula is C22H25N3O3S. The maximum absolute atomic E-state index is 12.8. The predicted octanol–water partition coefficient (Wildman–Crippen LogP) is 3.44. The fraction of sp³-hybridized carbons (Fsp3) is 0.455. The van der Waals surface area contributed by atoms with Crippen LogP contribution in [0.3, 0.4) is 0 Å².